The molecule has 1 saturated heterocycles. The van der Waals surface area contributed by atoms with Crippen LogP contribution in [0.2, 0.25) is 0 Å². The molecule has 0 unspecified atom stereocenters. The largest absolute Gasteiger partial charge is 0.341 e. The van der Waals surface area contributed by atoms with Crippen molar-refractivity contribution in [1.82, 2.24) is 24.5 Å². The second kappa shape index (κ2) is 5.87. The third kappa shape index (κ3) is 2.72. The van der Waals surface area contributed by atoms with Gasteiger partial charge in [0.1, 0.15) is 0 Å². The number of hydrogen-bond acceptors (Lipinski definition) is 4. The van der Waals surface area contributed by atoms with Crippen LogP contribution in [0.1, 0.15) is 19.3 Å². The standard InChI is InChI=1S/C17H20N6/c1-21-17(22-11-3-2-4-12-22)19-16(20-21)14-6-8-15(9-7-14)23-13-5-10-18-23/h5-10,13H,2-4,11-12H2,1H3. The molecule has 118 valence electrons. The summed E-state index contributed by atoms with van der Waals surface area (Å²) in [5.41, 5.74) is 2.06. The Hall–Kier alpha value is -2.63. The second-order valence-electron chi connectivity index (χ2n) is 5.90. The highest BCUT2D eigenvalue weighted by Gasteiger charge is 2.18. The van der Waals surface area contributed by atoms with Crippen LogP contribution in [0, 0.1) is 0 Å². The number of hydrogen-bond donors (Lipinski definition) is 0. The Morgan fingerprint density at radius 2 is 1.78 bits per heavy atom. The summed E-state index contributed by atoms with van der Waals surface area (Å²) in [5, 5.41) is 8.83. The van der Waals surface area contributed by atoms with Crippen LogP contribution in [0.15, 0.2) is 42.7 Å². The Labute approximate surface area is 135 Å². The molecule has 6 nitrogen and oxygen atoms in total. The third-order valence-corrected chi connectivity index (χ3v) is 4.27. The summed E-state index contributed by atoms with van der Waals surface area (Å²) in [7, 11) is 1.97. The van der Waals surface area contributed by atoms with Crippen molar-refractivity contribution in [1.29, 1.82) is 0 Å². The molecule has 2 aromatic heterocycles. The fourth-order valence-corrected chi connectivity index (χ4v) is 3.05. The summed E-state index contributed by atoms with van der Waals surface area (Å²) < 4.78 is 3.73. The second-order valence-corrected chi connectivity index (χ2v) is 5.90. The molecule has 3 heterocycles. The number of anilines is 1. The zero-order valence-electron chi connectivity index (χ0n) is 13.3. The monoisotopic (exact) mass is 308 g/mol. The van der Waals surface area contributed by atoms with Crippen molar-refractivity contribution in [2.75, 3.05) is 18.0 Å². The number of rotatable bonds is 3. The van der Waals surface area contributed by atoms with Crippen molar-refractivity contribution < 1.29 is 0 Å². The van der Waals surface area contributed by atoms with Gasteiger partial charge in [-0.05, 0) is 49.6 Å². The zero-order chi connectivity index (χ0) is 15.6. The molecule has 0 aliphatic carbocycles. The highest BCUT2D eigenvalue weighted by molar-refractivity contribution is 5.58. The van der Waals surface area contributed by atoms with Gasteiger partial charge < -0.3 is 4.90 Å². The van der Waals surface area contributed by atoms with E-state index in [1.807, 2.05) is 52.9 Å². The third-order valence-electron chi connectivity index (χ3n) is 4.27. The Morgan fingerprint density at radius 1 is 1.00 bits per heavy atom. The van der Waals surface area contributed by atoms with Gasteiger partial charge in [0.25, 0.3) is 0 Å². The lowest BCUT2D eigenvalue weighted by Gasteiger charge is -2.26. The molecular weight excluding hydrogens is 288 g/mol. The molecule has 4 rings (SSSR count). The van der Waals surface area contributed by atoms with Gasteiger partial charge in [0.05, 0.1) is 5.69 Å². The SMILES string of the molecule is Cn1nc(-c2ccc(-n3cccn3)cc2)nc1N1CCCCC1. The average molecular weight is 308 g/mol. The van der Waals surface area contributed by atoms with Crippen LogP contribution in [-0.4, -0.2) is 37.6 Å². The summed E-state index contributed by atoms with van der Waals surface area (Å²) in [6, 6.07) is 10.1. The average Bonchev–Trinajstić information content (AvgIpc) is 3.26. The fraction of sp³-hybridized carbons (Fsp3) is 0.353. The lowest BCUT2D eigenvalue weighted by atomic mass is 10.1. The molecule has 1 aliphatic rings. The maximum absolute atomic E-state index is 4.75. The highest BCUT2D eigenvalue weighted by atomic mass is 15.4. The van der Waals surface area contributed by atoms with Crippen molar-refractivity contribution >= 4 is 5.95 Å². The number of aromatic nitrogens is 5. The minimum Gasteiger partial charge on any atom is -0.341 e. The van der Waals surface area contributed by atoms with E-state index in [4.69, 9.17) is 4.98 Å². The zero-order valence-corrected chi connectivity index (χ0v) is 13.3. The van der Waals surface area contributed by atoms with Gasteiger partial charge in [0.2, 0.25) is 5.95 Å². The van der Waals surface area contributed by atoms with Crippen LogP contribution in [0.4, 0.5) is 5.95 Å². The Kier molecular flexibility index (Phi) is 3.57. The molecule has 6 heteroatoms. The minimum atomic E-state index is 0.778. The first-order valence-electron chi connectivity index (χ1n) is 8.08. The van der Waals surface area contributed by atoms with Crippen LogP contribution < -0.4 is 4.90 Å². The Bertz CT molecular complexity index is 766. The molecule has 1 fully saturated rings. The maximum Gasteiger partial charge on any atom is 0.224 e. The Morgan fingerprint density at radius 3 is 2.48 bits per heavy atom. The topological polar surface area (TPSA) is 51.8 Å². The van der Waals surface area contributed by atoms with Crippen LogP contribution in [0.25, 0.3) is 17.1 Å². The van der Waals surface area contributed by atoms with Crippen molar-refractivity contribution in [2.24, 2.45) is 7.05 Å². The number of benzene rings is 1. The van der Waals surface area contributed by atoms with Gasteiger partial charge in [-0.15, -0.1) is 5.10 Å². The van der Waals surface area contributed by atoms with E-state index in [1.165, 1.54) is 19.3 Å². The molecule has 1 aliphatic heterocycles. The van der Waals surface area contributed by atoms with E-state index in [0.29, 0.717) is 0 Å². The predicted molar refractivity (Wildman–Crippen MR) is 89.6 cm³/mol. The molecule has 23 heavy (non-hydrogen) atoms. The van der Waals surface area contributed by atoms with Crippen molar-refractivity contribution in [2.45, 2.75) is 19.3 Å². The number of aryl methyl sites for hydroxylation is 1. The predicted octanol–water partition coefficient (Wildman–Crippen LogP) is 2.66. The van der Waals surface area contributed by atoms with E-state index < -0.39 is 0 Å². The van der Waals surface area contributed by atoms with E-state index in [-0.39, 0.29) is 0 Å². The first kappa shape index (κ1) is 14.0. The molecule has 0 atom stereocenters. The van der Waals surface area contributed by atoms with Crippen LogP contribution in [0.5, 0.6) is 0 Å². The quantitative estimate of drug-likeness (QED) is 0.746. The van der Waals surface area contributed by atoms with Crippen molar-refractivity contribution in [3.05, 3.63) is 42.7 Å². The van der Waals surface area contributed by atoms with Crippen LogP contribution >= 0.6 is 0 Å². The maximum atomic E-state index is 4.75. The smallest absolute Gasteiger partial charge is 0.224 e. The summed E-state index contributed by atoms with van der Waals surface area (Å²) in [5.74, 6) is 1.75. The lowest BCUT2D eigenvalue weighted by molar-refractivity contribution is 0.557. The van der Waals surface area contributed by atoms with Gasteiger partial charge in [-0.25, -0.2) is 9.36 Å². The molecule has 3 aromatic rings. The van der Waals surface area contributed by atoms with Gasteiger partial charge in [0, 0.05) is 38.1 Å². The van der Waals surface area contributed by atoms with Gasteiger partial charge in [-0.2, -0.15) is 10.1 Å². The van der Waals surface area contributed by atoms with Crippen molar-refractivity contribution in [3.63, 3.8) is 0 Å². The van der Waals surface area contributed by atoms with E-state index in [2.05, 4.69) is 15.1 Å². The molecule has 0 amide bonds. The summed E-state index contributed by atoms with van der Waals surface area (Å²) in [6.07, 6.45) is 7.50. The minimum absolute atomic E-state index is 0.778. The first-order valence-corrected chi connectivity index (χ1v) is 8.08. The number of nitrogens with zero attached hydrogens (tertiary/aromatic N) is 6. The van der Waals surface area contributed by atoms with Crippen LogP contribution in [-0.2, 0) is 7.05 Å². The van der Waals surface area contributed by atoms with E-state index >= 15 is 0 Å². The molecule has 0 radical (unpaired) electrons. The molecular formula is C17H20N6. The Balaban J connectivity index is 1.60. The molecule has 0 N–H and O–H groups in total. The first-order chi connectivity index (χ1) is 11.3. The van der Waals surface area contributed by atoms with E-state index in [9.17, 15) is 0 Å². The normalized spacial score (nSPS) is 15.1. The van der Waals surface area contributed by atoms with Gasteiger partial charge in [-0.1, -0.05) is 0 Å². The summed E-state index contributed by atoms with van der Waals surface area (Å²) >= 11 is 0. The van der Waals surface area contributed by atoms with Gasteiger partial charge in [0.15, 0.2) is 5.82 Å². The lowest BCUT2D eigenvalue weighted by Crippen LogP contribution is -2.31. The van der Waals surface area contributed by atoms with Crippen molar-refractivity contribution in [3.8, 4) is 17.1 Å². The molecule has 0 spiro atoms. The van der Waals surface area contributed by atoms with E-state index in [1.54, 1.807) is 6.20 Å². The van der Waals surface area contributed by atoms with Crippen LogP contribution in [0.3, 0.4) is 0 Å². The number of piperidine rings is 1. The molecule has 1 aromatic carbocycles. The van der Waals surface area contributed by atoms with E-state index in [0.717, 1.165) is 36.1 Å². The summed E-state index contributed by atoms with van der Waals surface area (Å²) in [4.78, 5) is 7.08. The fourth-order valence-electron chi connectivity index (χ4n) is 3.05. The molecule has 0 saturated carbocycles. The highest BCUT2D eigenvalue weighted by Crippen LogP contribution is 2.23. The molecule has 0 bridgehead atoms. The summed E-state index contributed by atoms with van der Waals surface area (Å²) in [6.45, 7) is 2.15. The van der Waals surface area contributed by atoms with Gasteiger partial charge in [-0.3, -0.25) is 0 Å². The van der Waals surface area contributed by atoms with Gasteiger partial charge >= 0.3 is 0 Å².